The highest BCUT2D eigenvalue weighted by molar-refractivity contribution is 7.86. The van der Waals surface area contributed by atoms with Gasteiger partial charge < -0.3 is 5.32 Å². The monoisotopic (exact) mass is 279 g/mol. The summed E-state index contributed by atoms with van der Waals surface area (Å²) in [6.45, 7) is 6.88. The molecule has 0 aliphatic heterocycles. The predicted octanol–water partition coefficient (Wildman–Crippen LogP) is 0.725. The maximum Gasteiger partial charge on any atom is 0.319 e. The fraction of sp³-hybridized carbons (Fsp3) is 0.727. The molecule has 6 nitrogen and oxygen atoms in total. The van der Waals surface area contributed by atoms with Crippen molar-refractivity contribution in [2.45, 2.75) is 38.2 Å². The lowest BCUT2D eigenvalue weighted by Gasteiger charge is -2.41. The van der Waals surface area contributed by atoms with E-state index in [4.69, 9.17) is 0 Å². The molecule has 0 aromatic rings. The Hall–Kier alpha value is -0.920. The summed E-state index contributed by atoms with van der Waals surface area (Å²) >= 11 is 0. The van der Waals surface area contributed by atoms with E-state index in [1.807, 2.05) is 6.92 Å². The van der Waals surface area contributed by atoms with Gasteiger partial charge in [0.1, 0.15) is 0 Å². The fourth-order valence-corrected chi connectivity index (χ4v) is 3.44. The van der Waals surface area contributed by atoms with E-state index >= 15 is 0 Å². The van der Waals surface area contributed by atoms with Gasteiger partial charge in [0.2, 0.25) is 11.3 Å². The Balaban J connectivity index is 5.28. The van der Waals surface area contributed by atoms with E-state index in [-0.39, 0.29) is 16.8 Å². The van der Waals surface area contributed by atoms with Gasteiger partial charge in [-0.2, -0.15) is 8.42 Å². The normalized spacial score (nSPS) is 15.8. The fourth-order valence-electron chi connectivity index (χ4n) is 2.19. The Morgan fingerprint density at radius 1 is 1.39 bits per heavy atom. The maximum absolute atomic E-state index is 11.4. The molecule has 0 heterocycles. The number of nitrogens with one attached hydrogen (secondary N) is 1. The highest BCUT2D eigenvalue weighted by Crippen LogP contribution is 2.21. The van der Waals surface area contributed by atoms with Crippen molar-refractivity contribution < 1.29 is 22.2 Å². The zero-order chi connectivity index (χ0) is 14.6. The van der Waals surface area contributed by atoms with E-state index in [1.165, 1.54) is 0 Å². The minimum atomic E-state index is -4.18. The van der Waals surface area contributed by atoms with E-state index in [1.54, 1.807) is 21.0 Å². The average Bonchev–Trinajstić information content (AvgIpc) is 2.23. The van der Waals surface area contributed by atoms with Gasteiger partial charge in [-0.1, -0.05) is 20.4 Å². The summed E-state index contributed by atoms with van der Waals surface area (Å²) in [6.07, 6.45) is 1.52. The minimum absolute atomic E-state index is 0.0363. The lowest BCUT2D eigenvalue weighted by molar-refractivity contribution is -0.928. The van der Waals surface area contributed by atoms with Crippen LogP contribution in [0.15, 0.2) is 12.7 Å². The van der Waals surface area contributed by atoms with Crippen molar-refractivity contribution in [3.63, 3.8) is 0 Å². The van der Waals surface area contributed by atoms with E-state index in [9.17, 15) is 17.8 Å². The Morgan fingerprint density at radius 2 is 1.89 bits per heavy atom. The molecule has 0 aliphatic carbocycles. The smallest absolute Gasteiger partial charge is 0.303 e. The van der Waals surface area contributed by atoms with Crippen LogP contribution in [0.25, 0.3) is 0 Å². The van der Waals surface area contributed by atoms with Crippen LogP contribution < -0.4 is 5.32 Å². The lowest BCUT2D eigenvalue weighted by Crippen LogP contribution is -2.63. The number of quaternary nitrogens is 1. The summed E-state index contributed by atoms with van der Waals surface area (Å²) in [6, 6.07) is 0. The first-order valence-corrected chi connectivity index (χ1v) is 7.34. The lowest BCUT2D eigenvalue weighted by atomic mass is 10.2. The van der Waals surface area contributed by atoms with Crippen LogP contribution >= 0.6 is 0 Å². The van der Waals surface area contributed by atoms with E-state index in [0.717, 1.165) is 6.08 Å². The minimum Gasteiger partial charge on any atom is -0.303 e. The summed E-state index contributed by atoms with van der Waals surface area (Å²) in [5, 5.41) is 1.70. The standard InChI is InChI=1S/C11H22N2O4S/c1-6-9(12-10(14)7-2)13(4,5)11(8-3)18(15,16)17/h7,9,11H,2,6,8H2,1,3-5H3,(H-,12,14,15,16,17)/p+1. The first kappa shape index (κ1) is 17.1. The molecule has 0 aromatic heterocycles. The van der Waals surface area contributed by atoms with Crippen LogP contribution in [-0.4, -0.2) is 49.0 Å². The number of rotatable bonds is 7. The maximum atomic E-state index is 11.4. The van der Waals surface area contributed by atoms with Gasteiger partial charge in [-0.25, -0.2) is 0 Å². The van der Waals surface area contributed by atoms with Crippen LogP contribution in [0.2, 0.25) is 0 Å². The quantitative estimate of drug-likeness (QED) is 0.311. The molecule has 7 heteroatoms. The van der Waals surface area contributed by atoms with Gasteiger partial charge in [0.15, 0.2) is 6.17 Å². The summed E-state index contributed by atoms with van der Waals surface area (Å²) in [5.41, 5.74) is 0. The number of carbonyl (C=O) groups is 1. The third-order valence-electron chi connectivity index (χ3n) is 3.12. The highest BCUT2D eigenvalue weighted by Gasteiger charge is 2.42. The second-order valence-electron chi connectivity index (χ2n) is 4.64. The summed E-state index contributed by atoms with van der Waals surface area (Å²) in [5.74, 6) is -0.363. The Labute approximate surface area is 109 Å². The second kappa shape index (κ2) is 6.31. The average molecular weight is 279 g/mol. The predicted molar refractivity (Wildman–Crippen MR) is 70.2 cm³/mol. The van der Waals surface area contributed by atoms with Gasteiger partial charge in [0.25, 0.3) is 0 Å². The molecule has 0 saturated heterocycles. The molecule has 0 rings (SSSR count). The van der Waals surface area contributed by atoms with E-state index in [0.29, 0.717) is 6.42 Å². The second-order valence-corrected chi connectivity index (χ2v) is 6.22. The zero-order valence-electron chi connectivity index (χ0n) is 11.4. The SMILES string of the molecule is C=CC(=O)NC(CC)[N+](C)(C)C(CC)S(=O)(=O)O. The first-order valence-electron chi connectivity index (χ1n) is 5.83. The van der Waals surface area contributed by atoms with Crippen molar-refractivity contribution in [2.75, 3.05) is 14.1 Å². The van der Waals surface area contributed by atoms with E-state index in [2.05, 4.69) is 11.9 Å². The van der Waals surface area contributed by atoms with Gasteiger partial charge in [-0.3, -0.25) is 13.8 Å². The Kier molecular flexibility index (Phi) is 5.98. The summed E-state index contributed by atoms with van der Waals surface area (Å²) in [7, 11) is -0.843. The molecule has 2 atom stereocenters. The number of nitrogens with zero attached hydrogens (tertiary/aromatic N) is 1. The molecule has 106 valence electrons. The molecular formula is C11H23N2O4S+. The molecule has 0 fully saturated rings. The third-order valence-corrected chi connectivity index (χ3v) is 4.68. The molecule has 0 aromatic carbocycles. The van der Waals surface area contributed by atoms with Crippen molar-refractivity contribution in [3.8, 4) is 0 Å². The van der Waals surface area contributed by atoms with Crippen LogP contribution in [0, 0.1) is 0 Å². The molecule has 18 heavy (non-hydrogen) atoms. The van der Waals surface area contributed by atoms with Gasteiger partial charge >= 0.3 is 10.1 Å². The summed E-state index contributed by atoms with van der Waals surface area (Å²) < 4.78 is 32.0. The molecule has 0 spiro atoms. The molecule has 0 radical (unpaired) electrons. The van der Waals surface area contributed by atoms with Crippen molar-refractivity contribution in [1.29, 1.82) is 0 Å². The van der Waals surface area contributed by atoms with Crippen LogP contribution in [0.5, 0.6) is 0 Å². The first-order chi connectivity index (χ1) is 8.11. The van der Waals surface area contributed by atoms with Crippen LogP contribution in [0.3, 0.4) is 0 Å². The van der Waals surface area contributed by atoms with Gasteiger partial charge in [0.05, 0.1) is 14.1 Å². The number of hydrogen-bond acceptors (Lipinski definition) is 3. The van der Waals surface area contributed by atoms with Crippen LogP contribution in [0.1, 0.15) is 26.7 Å². The molecule has 2 N–H and O–H groups in total. The van der Waals surface area contributed by atoms with Gasteiger partial charge in [0, 0.05) is 12.8 Å². The highest BCUT2D eigenvalue weighted by atomic mass is 32.2. The molecule has 0 saturated carbocycles. The topological polar surface area (TPSA) is 83.5 Å². The Morgan fingerprint density at radius 3 is 2.17 bits per heavy atom. The van der Waals surface area contributed by atoms with Crippen molar-refractivity contribution in [2.24, 2.45) is 0 Å². The van der Waals surface area contributed by atoms with Crippen molar-refractivity contribution in [3.05, 3.63) is 12.7 Å². The Bertz CT molecular complexity index is 403. The van der Waals surface area contributed by atoms with Crippen LogP contribution in [0.4, 0.5) is 0 Å². The zero-order valence-corrected chi connectivity index (χ0v) is 12.2. The number of carbonyl (C=O) groups excluding carboxylic acids is 1. The molecule has 1 amide bonds. The van der Waals surface area contributed by atoms with Gasteiger partial charge in [-0.15, -0.1) is 0 Å². The van der Waals surface area contributed by atoms with Crippen LogP contribution in [-0.2, 0) is 14.9 Å². The molecule has 2 unspecified atom stereocenters. The molecule has 0 bridgehead atoms. The summed E-state index contributed by atoms with van der Waals surface area (Å²) in [4.78, 5) is 11.3. The van der Waals surface area contributed by atoms with Gasteiger partial charge in [-0.05, 0) is 6.08 Å². The third kappa shape index (κ3) is 4.08. The largest absolute Gasteiger partial charge is 0.319 e. The number of amides is 1. The van der Waals surface area contributed by atoms with Crippen molar-refractivity contribution >= 4 is 16.0 Å². The van der Waals surface area contributed by atoms with Crippen molar-refractivity contribution in [1.82, 2.24) is 5.32 Å². The number of hydrogen-bond donors (Lipinski definition) is 2. The van der Waals surface area contributed by atoms with E-state index < -0.39 is 21.7 Å². The molecule has 0 aliphatic rings. The molecular weight excluding hydrogens is 256 g/mol.